The van der Waals surface area contributed by atoms with Gasteiger partial charge in [0.2, 0.25) is 10.0 Å². The molecule has 1 atom stereocenters. The molecule has 0 aliphatic heterocycles. The Bertz CT molecular complexity index is 338. The summed E-state index contributed by atoms with van der Waals surface area (Å²) in [5.41, 5.74) is 0. The second-order valence-electron chi connectivity index (χ2n) is 3.17. The van der Waals surface area contributed by atoms with Crippen LogP contribution in [-0.4, -0.2) is 37.5 Å². The van der Waals surface area contributed by atoms with E-state index >= 15 is 0 Å². The standard InChI is InChI=1S/C7H12F3NO4S/c1-2-3-5(6(12)13)11-16(14,15)4-7(8,9)10/h5,11H,2-4H2,1H3,(H,12,13). The van der Waals surface area contributed by atoms with Crippen LogP contribution in [0.25, 0.3) is 0 Å². The molecule has 0 saturated heterocycles. The van der Waals surface area contributed by atoms with Crippen molar-refractivity contribution in [3.63, 3.8) is 0 Å². The Morgan fingerprint density at radius 3 is 2.25 bits per heavy atom. The number of rotatable bonds is 6. The molecule has 9 heteroatoms. The number of carbonyl (C=O) groups is 1. The van der Waals surface area contributed by atoms with E-state index in [2.05, 4.69) is 0 Å². The summed E-state index contributed by atoms with van der Waals surface area (Å²) in [7, 11) is -4.66. The monoisotopic (exact) mass is 263 g/mol. The van der Waals surface area contributed by atoms with Crippen molar-refractivity contribution >= 4 is 16.0 Å². The number of halogens is 3. The second-order valence-corrected chi connectivity index (χ2v) is 4.93. The fourth-order valence-electron chi connectivity index (χ4n) is 0.995. The molecule has 0 aliphatic carbocycles. The number of sulfonamides is 1. The molecule has 16 heavy (non-hydrogen) atoms. The quantitative estimate of drug-likeness (QED) is 0.739. The highest BCUT2D eigenvalue weighted by Gasteiger charge is 2.36. The van der Waals surface area contributed by atoms with E-state index in [1.807, 2.05) is 0 Å². The maximum absolute atomic E-state index is 11.8. The maximum atomic E-state index is 11.8. The van der Waals surface area contributed by atoms with Crippen LogP contribution in [-0.2, 0) is 14.8 Å². The van der Waals surface area contributed by atoms with Crippen molar-refractivity contribution in [1.29, 1.82) is 0 Å². The van der Waals surface area contributed by atoms with Crippen LogP contribution in [0.15, 0.2) is 0 Å². The van der Waals surface area contributed by atoms with E-state index in [1.165, 1.54) is 4.72 Å². The van der Waals surface area contributed by atoms with Crippen LogP contribution in [0.2, 0.25) is 0 Å². The lowest BCUT2D eigenvalue weighted by molar-refractivity contribution is -0.139. The van der Waals surface area contributed by atoms with Crippen molar-refractivity contribution in [2.75, 3.05) is 5.75 Å². The zero-order valence-electron chi connectivity index (χ0n) is 8.41. The SMILES string of the molecule is CCCC(NS(=O)(=O)CC(F)(F)F)C(=O)O. The minimum atomic E-state index is -4.89. The number of alkyl halides is 3. The van der Waals surface area contributed by atoms with Gasteiger partial charge >= 0.3 is 12.1 Å². The first-order valence-corrected chi connectivity index (χ1v) is 6.02. The van der Waals surface area contributed by atoms with Crippen LogP contribution in [0.5, 0.6) is 0 Å². The predicted molar refractivity (Wildman–Crippen MR) is 49.3 cm³/mol. The van der Waals surface area contributed by atoms with Gasteiger partial charge in [0.1, 0.15) is 6.04 Å². The van der Waals surface area contributed by atoms with Gasteiger partial charge in [0.05, 0.1) is 0 Å². The van der Waals surface area contributed by atoms with Crippen LogP contribution >= 0.6 is 0 Å². The number of nitrogens with one attached hydrogen (secondary N) is 1. The number of carboxylic acid groups (broad SMARTS) is 1. The number of hydrogen-bond donors (Lipinski definition) is 2. The molecule has 0 aromatic heterocycles. The summed E-state index contributed by atoms with van der Waals surface area (Å²) >= 11 is 0. The maximum Gasteiger partial charge on any atom is 0.404 e. The first-order valence-electron chi connectivity index (χ1n) is 4.37. The van der Waals surface area contributed by atoms with Gasteiger partial charge < -0.3 is 5.11 Å². The van der Waals surface area contributed by atoms with Crippen LogP contribution in [0.1, 0.15) is 19.8 Å². The van der Waals surface area contributed by atoms with Gasteiger partial charge in [-0.3, -0.25) is 4.79 Å². The first kappa shape index (κ1) is 15.2. The van der Waals surface area contributed by atoms with Crippen molar-refractivity contribution in [1.82, 2.24) is 4.72 Å². The minimum Gasteiger partial charge on any atom is -0.480 e. The molecule has 5 nitrogen and oxygen atoms in total. The van der Waals surface area contributed by atoms with Gasteiger partial charge in [-0.2, -0.15) is 13.2 Å². The third-order valence-corrected chi connectivity index (χ3v) is 2.90. The summed E-state index contributed by atoms with van der Waals surface area (Å²) in [6.07, 6.45) is -4.61. The fourth-order valence-corrected chi connectivity index (χ4v) is 2.16. The van der Waals surface area contributed by atoms with Crippen LogP contribution < -0.4 is 4.72 Å². The lowest BCUT2D eigenvalue weighted by Gasteiger charge is -2.14. The van der Waals surface area contributed by atoms with E-state index in [-0.39, 0.29) is 6.42 Å². The molecule has 0 aromatic carbocycles. The van der Waals surface area contributed by atoms with Crippen molar-refractivity contribution in [2.45, 2.75) is 32.0 Å². The normalized spacial score (nSPS) is 14.8. The molecular weight excluding hydrogens is 251 g/mol. The van der Waals surface area contributed by atoms with Gasteiger partial charge in [0.15, 0.2) is 5.75 Å². The molecule has 0 amide bonds. The van der Waals surface area contributed by atoms with Gasteiger partial charge in [-0.1, -0.05) is 13.3 Å². The average molecular weight is 263 g/mol. The van der Waals surface area contributed by atoms with E-state index in [0.717, 1.165) is 0 Å². The van der Waals surface area contributed by atoms with Gasteiger partial charge in [-0.05, 0) is 6.42 Å². The third-order valence-electron chi connectivity index (χ3n) is 1.55. The molecule has 0 radical (unpaired) electrons. The molecule has 0 saturated carbocycles. The van der Waals surface area contributed by atoms with Crippen molar-refractivity contribution < 1.29 is 31.5 Å². The molecule has 96 valence electrons. The molecule has 0 rings (SSSR count). The van der Waals surface area contributed by atoms with Crippen LogP contribution in [0, 0.1) is 0 Å². The largest absolute Gasteiger partial charge is 0.480 e. The van der Waals surface area contributed by atoms with E-state index in [9.17, 15) is 26.4 Å². The molecule has 0 fully saturated rings. The van der Waals surface area contributed by atoms with Gasteiger partial charge in [-0.25, -0.2) is 13.1 Å². The molecule has 0 spiro atoms. The highest BCUT2D eigenvalue weighted by molar-refractivity contribution is 7.89. The topological polar surface area (TPSA) is 83.5 Å². The summed E-state index contributed by atoms with van der Waals surface area (Å²) in [5.74, 6) is -3.57. The van der Waals surface area contributed by atoms with Crippen LogP contribution in [0.4, 0.5) is 13.2 Å². The lowest BCUT2D eigenvalue weighted by Crippen LogP contribution is -2.44. The Morgan fingerprint density at radius 1 is 1.44 bits per heavy atom. The van der Waals surface area contributed by atoms with Gasteiger partial charge in [-0.15, -0.1) is 0 Å². The summed E-state index contributed by atoms with van der Waals surface area (Å²) in [4.78, 5) is 10.5. The third kappa shape index (κ3) is 6.62. The highest BCUT2D eigenvalue weighted by Crippen LogP contribution is 2.17. The molecule has 2 N–H and O–H groups in total. The van der Waals surface area contributed by atoms with Gasteiger partial charge in [0.25, 0.3) is 0 Å². The minimum absolute atomic E-state index is 0.0631. The molecule has 0 aromatic rings. The van der Waals surface area contributed by atoms with Gasteiger partial charge in [0, 0.05) is 0 Å². The summed E-state index contributed by atoms with van der Waals surface area (Å²) < 4.78 is 58.9. The Hall–Kier alpha value is -0.830. The van der Waals surface area contributed by atoms with E-state index in [1.54, 1.807) is 6.92 Å². The zero-order valence-corrected chi connectivity index (χ0v) is 9.23. The summed E-state index contributed by atoms with van der Waals surface area (Å²) in [6, 6.07) is -1.52. The van der Waals surface area contributed by atoms with E-state index < -0.39 is 34.0 Å². The Balaban J connectivity index is 4.61. The number of hydrogen-bond acceptors (Lipinski definition) is 3. The predicted octanol–water partition coefficient (Wildman–Crippen LogP) is 0.721. The Morgan fingerprint density at radius 2 is 1.94 bits per heavy atom. The Kier molecular flexibility index (Phi) is 5.20. The molecular formula is C7H12F3NO4S. The van der Waals surface area contributed by atoms with Crippen molar-refractivity contribution in [3.05, 3.63) is 0 Å². The molecule has 1 unspecified atom stereocenters. The summed E-state index contributed by atoms with van der Waals surface area (Å²) in [5, 5.41) is 8.56. The lowest BCUT2D eigenvalue weighted by atomic mass is 10.2. The van der Waals surface area contributed by atoms with E-state index in [0.29, 0.717) is 6.42 Å². The first-order chi connectivity index (χ1) is 7.07. The van der Waals surface area contributed by atoms with E-state index in [4.69, 9.17) is 5.11 Å². The van der Waals surface area contributed by atoms with Crippen molar-refractivity contribution in [2.24, 2.45) is 0 Å². The number of aliphatic carboxylic acids is 1. The fraction of sp³-hybridized carbons (Fsp3) is 0.857. The number of carboxylic acids is 1. The zero-order chi connectivity index (χ0) is 13.0. The summed E-state index contributed by atoms with van der Waals surface area (Å²) in [6.45, 7) is 1.59. The van der Waals surface area contributed by atoms with Crippen LogP contribution in [0.3, 0.4) is 0 Å². The van der Waals surface area contributed by atoms with Crippen molar-refractivity contribution in [3.8, 4) is 0 Å². The molecule has 0 heterocycles. The smallest absolute Gasteiger partial charge is 0.404 e. The molecule has 0 bridgehead atoms. The Labute approximate surface area is 90.7 Å². The second kappa shape index (κ2) is 5.48. The molecule has 0 aliphatic rings. The average Bonchev–Trinajstić information content (AvgIpc) is 1.97. The highest BCUT2D eigenvalue weighted by atomic mass is 32.2.